The molecule has 2 nitrogen and oxygen atoms in total. The van der Waals surface area contributed by atoms with Crippen LogP contribution in [0.5, 0.6) is 0 Å². The predicted molar refractivity (Wildman–Crippen MR) is 106 cm³/mol. The number of carbonyl (C=O) groups excluding carboxylic acids is 1. The fraction of sp³-hybridized carbons (Fsp3) is 0.682. The summed E-state index contributed by atoms with van der Waals surface area (Å²) < 4.78 is 0.344. The zero-order valence-corrected chi connectivity index (χ0v) is 16.9. The Kier molecular flexibility index (Phi) is 4.72. The Morgan fingerprint density at radius 1 is 1.20 bits per heavy atom. The maximum atomic E-state index is 12.7. The van der Waals surface area contributed by atoms with E-state index in [0.29, 0.717) is 4.32 Å². The van der Waals surface area contributed by atoms with E-state index in [2.05, 4.69) is 58.5 Å². The molecule has 0 aromatic heterocycles. The molecular weight excluding hydrogens is 374 g/mol. The van der Waals surface area contributed by atoms with Crippen LogP contribution in [0.3, 0.4) is 0 Å². The summed E-state index contributed by atoms with van der Waals surface area (Å²) in [4.78, 5) is 12.7. The van der Waals surface area contributed by atoms with Crippen LogP contribution in [0.1, 0.15) is 63.9 Å². The Morgan fingerprint density at radius 2 is 1.88 bits per heavy atom. The minimum absolute atomic E-state index is 0.250. The number of hydrogen-bond donors (Lipinski definition) is 1. The van der Waals surface area contributed by atoms with Crippen molar-refractivity contribution in [3.8, 4) is 0 Å². The molecule has 0 saturated heterocycles. The van der Waals surface area contributed by atoms with Gasteiger partial charge < -0.3 is 5.32 Å². The van der Waals surface area contributed by atoms with Crippen molar-refractivity contribution < 1.29 is 4.79 Å². The molecule has 1 aromatic rings. The number of hydrogen-bond acceptors (Lipinski definition) is 1. The average Bonchev–Trinajstić information content (AvgIpc) is 2.50. The Labute approximate surface area is 160 Å². The van der Waals surface area contributed by atoms with Gasteiger partial charge in [-0.1, -0.05) is 46.3 Å². The molecular formula is C22H30BrNO. The summed E-state index contributed by atoms with van der Waals surface area (Å²) in [5.74, 6) is 1.98. The number of benzene rings is 1. The molecule has 136 valence electrons. The van der Waals surface area contributed by atoms with E-state index in [-0.39, 0.29) is 17.4 Å². The summed E-state index contributed by atoms with van der Waals surface area (Å²) in [6.45, 7) is 2.15. The zero-order chi connectivity index (χ0) is 17.5. The highest BCUT2D eigenvalue weighted by molar-refractivity contribution is 9.10. The number of halogens is 1. The summed E-state index contributed by atoms with van der Waals surface area (Å²) in [5.41, 5.74) is 1.63. The lowest BCUT2D eigenvalue weighted by atomic mass is 9.48. The van der Waals surface area contributed by atoms with E-state index >= 15 is 0 Å². The Bertz CT molecular complexity index is 614. The van der Waals surface area contributed by atoms with E-state index in [9.17, 15) is 4.79 Å². The molecule has 0 unspecified atom stereocenters. The van der Waals surface area contributed by atoms with Crippen LogP contribution in [0.25, 0.3) is 0 Å². The fourth-order valence-corrected chi connectivity index (χ4v) is 7.82. The summed E-state index contributed by atoms with van der Waals surface area (Å²) in [6.07, 6.45) is 10.6. The van der Waals surface area contributed by atoms with Crippen molar-refractivity contribution >= 4 is 21.8 Å². The van der Waals surface area contributed by atoms with Gasteiger partial charge in [-0.15, -0.1) is 0 Å². The van der Waals surface area contributed by atoms with E-state index in [4.69, 9.17) is 0 Å². The molecule has 4 aliphatic rings. The molecule has 0 aliphatic heterocycles. The van der Waals surface area contributed by atoms with Gasteiger partial charge in [0.25, 0.3) is 0 Å². The van der Waals surface area contributed by atoms with Crippen molar-refractivity contribution in [1.82, 2.24) is 5.32 Å². The number of aryl methyl sites for hydroxylation is 1. The number of rotatable bonds is 6. The van der Waals surface area contributed by atoms with Gasteiger partial charge in [0, 0.05) is 16.8 Å². The summed E-state index contributed by atoms with van der Waals surface area (Å²) in [5, 5.41) is 3.28. The minimum Gasteiger partial charge on any atom is -0.354 e. The van der Waals surface area contributed by atoms with E-state index in [1.807, 2.05) is 0 Å². The van der Waals surface area contributed by atoms with Crippen molar-refractivity contribution in [2.45, 2.75) is 75.1 Å². The van der Waals surface area contributed by atoms with Gasteiger partial charge in [0.15, 0.2) is 0 Å². The van der Waals surface area contributed by atoms with Gasteiger partial charge in [-0.05, 0) is 81.1 Å². The van der Waals surface area contributed by atoms with Gasteiger partial charge in [0.2, 0.25) is 5.91 Å². The number of carbonyl (C=O) groups is 1. The molecule has 25 heavy (non-hydrogen) atoms. The molecule has 0 radical (unpaired) electrons. The number of amides is 1. The van der Waals surface area contributed by atoms with Crippen molar-refractivity contribution in [2.75, 3.05) is 0 Å². The van der Waals surface area contributed by atoms with Gasteiger partial charge in [0.1, 0.15) is 0 Å². The first-order valence-electron chi connectivity index (χ1n) is 9.96. The molecule has 4 bridgehead atoms. The normalized spacial score (nSPS) is 37.0. The quantitative estimate of drug-likeness (QED) is 0.645. The molecule has 4 fully saturated rings. The van der Waals surface area contributed by atoms with Crippen LogP contribution in [0.2, 0.25) is 0 Å². The van der Waals surface area contributed by atoms with Crippen molar-refractivity contribution in [2.24, 2.45) is 17.3 Å². The predicted octanol–water partition coefficient (Wildman–Crippen LogP) is 5.25. The third kappa shape index (κ3) is 3.97. The molecule has 5 rings (SSSR count). The fourth-order valence-electron chi connectivity index (χ4n) is 6.31. The third-order valence-electron chi connectivity index (χ3n) is 6.76. The SMILES string of the molecule is C[C@H](CCc1ccccc1)NC(=O)CC12C[C@H]3C[C@@H](CC(Br)(C3)C1)C2. The summed E-state index contributed by atoms with van der Waals surface area (Å²) in [7, 11) is 0. The molecule has 3 atom stereocenters. The second kappa shape index (κ2) is 6.72. The van der Waals surface area contributed by atoms with Gasteiger partial charge in [0.05, 0.1) is 0 Å². The van der Waals surface area contributed by atoms with Gasteiger partial charge >= 0.3 is 0 Å². The lowest BCUT2D eigenvalue weighted by molar-refractivity contribution is -0.128. The molecule has 1 aromatic carbocycles. The van der Waals surface area contributed by atoms with E-state index in [0.717, 1.165) is 31.1 Å². The molecule has 3 heteroatoms. The minimum atomic E-state index is 0.250. The lowest BCUT2D eigenvalue weighted by Gasteiger charge is -2.60. The summed E-state index contributed by atoms with van der Waals surface area (Å²) in [6, 6.07) is 10.8. The molecule has 4 saturated carbocycles. The largest absolute Gasteiger partial charge is 0.354 e. The van der Waals surface area contributed by atoms with Crippen molar-refractivity contribution in [3.05, 3.63) is 35.9 Å². The van der Waals surface area contributed by atoms with Gasteiger partial charge in [-0.25, -0.2) is 0 Å². The number of nitrogens with one attached hydrogen (secondary N) is 1. The molecule has 0 heterocycles. The molecule has 1 amide bonds. The van der Waals surface area contributed by atoms with E-state index < -0.39 is 0 Å². The average molecular weight is 404 g/mol. The smallest absolute Gasteiger partial charge is 0.220 e. The first-order chi connectivity index (χ1) is 11.9. The monoisotopic (exact) mass is 403 g/mol. The first-order valence-corrected chi connectivity index (χ1v) is 10.8. The summed E-state index contributed by atoms with van der Waals surface area (Å²) >= 11 is 4.05. The second-order valence-corrected chi connectivity index (χ2v) is 11.0. The Balaban J connectivity index is 1.30. The highest BCUT2D eigenvalue weighted by Gasteiger charge is 2.57. The highest BCUT2D eigenvalue weighted by Crippen LogP contribution is 2.65. The zero-order valence-electron chi connectivity index (χ0n) is 15.3. The van der Waals surface area contributed by atoms with Crippen LogP contribution in [0.4, 0.5) is 0 Å². The standard InChI is InChI=1S/C22H30BrNO/c1-16(7-8-17-5-3-2-4-6-17)24-20(25)14-21-10-18-9-19(11-21)13-22(23,12-18)15-21/h2-6,16,18-19H,7-15H2,1H3,(H,24,25)/t16-,18-,19-,21?,22?/m1/s1. The van der Waals surface area contributed by atoms with Crippen LogP contribution in [0, 0.1) is 17.3 Å². The van der Waals surface area contributed by atoms with E-state index in [1.165, 1.54) is 44.1 Å². The second-order valence-electron chi connectivity index (χ2n) is 9.28. The third-order valence-corrected chi connectivity index (χ3v) is 7.69. The lowest BCUT2D eigenvalue weighted by Crippen LogP contribution is -2.54. The molecule has 4 aliphatic carbocycles. The first kappa shape index (κ1) is 17.6. The highest BCUT2D eigenvalue weighted by atomic mass is 79.9. The van der Waals surface area contributed by atoms with Crippen LogP contribution in [-0.2, 0) is 11.2 Å². The topological polar surface area (TPSA) is 29.1 Å². The van der Waals surface area contributed by atoms with E-state index in [1.54, 1.807) is 0 Å². The van der Waals surface area contributed by atoms with Crippen LogP contribution < -0.4 is 5.32 Å². The van der Waals surface area contributed by atoms with Crippen LogP contribution in [-0.4, -0.2) is 16.3 Å². The van der Waals surface area contributed by atoms with Crippen LogP contribution >= 0.6 is 15.9 Å². The molecule has 1 N–H and O–H groups in total. The number of alkyl halides is 1. The molecule has 0 spiro atoms. The van der Waals surface area contributed by atoms with Crippen molar-refractivity contribution in [1.29, 1.82) is 0 Å². The van der Waals surface area contributed by atoms with Gasteiger partial charge in [-0.2, -0.15) is 0 Å². The maximum absolute atomic E-state index is 12.7. The maximum Gasteiger partial charge on any atom is 0.220 e. The van der Waals surface area contributed by atoms with Crippen LogP contribution in [0.15, 0.2) is 30.3 Å². The van der Waals surface area contributed by atoms with Gasteiger partial charge in [-0.3, -0.25) is 4.79 Å². The van der Waals surface area contributed by atoms with Crippen molar-refractivity contribution in [3.63, 3.8) is 0 Å². The Morgan fingerprint density at radius 3 is 2.52 bits per heavy atom. The Hall–Kier alpha value is -0.830.